The van der Waals surface area contributed by atoms with Crippen LogP contribution in [0.1, 0.15) is 66.4 Å². The molecule has 0 spiro atoms. The van der Waals surface area contributed by atoms with Crippen LogP contribution in [0.4, 0.5) is 4.79 Å². The SMILES string of the molecule is CC.CCOc1nc2cccc(C(=O)OC(C)OC(=O)OCc3nc(C)c(C)nc3C)c2n1Cc1ccc(-c2ccccc2-c2noc(=O)[n-]2)cc1.[K+]. The van der Waals surface area contributed by atoms with E-state index < -0.39 is 24.2 Å². The number of hydrogen-bond acceptors (Lipinski definition) is 12. The monoisotopic (exact) mass is 746 g/mol. The number of para-hydroxylation sites is 1. The van der Waals surface area contributed by atoms with Crippen LogP contribution in [-0.2, 0) is 27.4 Å². The molecule has 0 aliphatic heterocycles. The van der Waals surface area contributed by atoms with Gasteiger partial charge in [0, 0.05) is 6.92 Å². The Balaban J connectivity index is 0.00000206. The number of hydrogen-bond donors (Lipinski definition) is 0. The first-order valence-corrected chi connectivity index (χ1v) is 16.8. The Morgan fingerprint density at radius 2 is 1.57 bits per heavy atom. The van der Waals surface area contributed by atoms with Gasteiger partial charge in [-0.3, -0.25) is 19.7 Å². The molecule has 0 aliphatic carbocycles. The van der Waals surface area contributed by atoms with Crippen molar-refractivity contribution in [3.63, 3.8) is 0 Å². The van der Waals surface area contributed by atoms with Crippen LogP contribution in [0, 0.1) is 20.8 Å². The Labute approximate surface area is 348 Å². The van der Waals surface area contributed by atoms with Gasteiger partial charge in [0.25, 0.3) is 6.01 Å². The van der Waals surface area contributed by atoms with Gasteiger partial charge >= 0.3 is 69.3 Å². The summed E-state index contributed by atoms with van der Waals surface area (Å²) in [6, 6.07) is 20.6. The number of rotatable bonds is 11. The molecule has 0 amide bonds. The van der Waals surface area contributed by atoms with Crippen molar-refractivity contribution in [3.8, 4) is 28.5 Å². The molecule has 3 aromatic carbocycles. The van der Waals surface area contributed by atoms with Crippen LogP contribution in [0.25, 0.3) is 33.5 Å². The Kier molecular flexibility index (Phi) is 14.6. The zero-order valence-corrected chi connectivity index (χ0v) is 34.1. The van der Waals surface area contributed by atoms with Crippen molar-refractivity contribution in [2.24, 2.45) is 0 Å². The normalized spacial score (nSPS) is 11.2. The van der Waals surface area contributed by atoms with Crippen molar-refractivity contribution in [2.45, 2.75) is 67.9 Å². The second-order valence-electron chi connectivity index (χ2n) is 11.3. The maximum atomic E-state index is 13.5. The number of aryl methyl sites for hydroxylation is 3. The predicted molar refractivity (Wildman–Crippen MR) is 191 cm³/mol. The summed E-state index contributed by atoms with van der Waals surface area (Å²) in [6.07, 6.45) is -2.28. The zero-order valence-electron chi connectivity index (χ0n) is 31.0. The summed E-state index contributed by atoms with van der Waals surface area (Å²) in [5.41, 5.74) is 7.10. The van der Waals surface area contributed by atoms with Gasteiger partial charge in [0.1, 0.15) is 6.61 Å². The van der Waals surface area contributed by atoms with Gasteiger partial charge in [-0.05, 0) is 67.9 Å². The van der Waals surface area contributed by atoms with E-state index in [9.17, 15) is 14.4 Å². The molecule has 14 nitrogen and oxygen atoms in total. The summed E-state index contributed by atoms with van der Waals surface area (Å²) in [4.78, 5) is 54.7. The van der Waals surface area contributed by atoms with Gasteiger partial charge in [-0.25, -0.2) is 14.4 Å². The third-order valence-corrected chi connectivity index (χ3v) is 7.85. The quantitative estimate of drug-likeness (QED) is 0.107. The van der Waals surface area contributed by atoms with Crippen molar-refractivity contribution in [1.29, 1.82) is 0 Å². The first-order chi connectivity index (χ1) is 25.1. The molecule has 0 saturated heterocycles. The van der Waals surface area contributed by atoms with Crippen LogP contribution >= 0.6 is 0 Å². The van der Waals surface area contributed by atoms with Gasteiger partial charge in [-0.15, -0.1) is 0 Å². The second-order valence-corrected chi connectivity index (χ2v) is 11.3. The van der Waals surface area contributed by atoms with E-state index >= 15 is 0 Å². The van der Waals surface area contributed by atoms with Gasteiger partial charge in [-0.2, -0.15) is 4.98 Å². The van der Waals surface area contributed by atoms with Gasteiger partial charge in [-0.1, -0.05) is 68.4 Å². The van der Waals surface area contributed by atoms with Crippen LogP contribution in [0.5, 0.6) is 6.01 Å². The van der Waals surface area contributed by atoms with Crippen LogP contribution in [0.3, 0.4) is 0 Å². The maximum absolute atomic E-state index is 13.5. The smallest absolute Gasteiger partial charge is 0.465 e. The molecule has 6 aromatic rings. The molecule has 0 saturated carbocycles. The minimum Gasteiger partial charge on any atom is -0.465 e. The first-order valence-electron chi connectivity index (χ1n) is 16.8. The molecule has 0 N–H and O–H groups in total. The predicted octanol–water partition coefficient (Wildman–Crippen LogP) is 3.72. The summed E-state index contributed by atoms with van der Waals surface area (Å²) in [7, 11) is 0. The molecule has 53 heavy (non-hydrogen) atoms. The molecule has 0 aliphatic rings. The van der Waals surface area contributed by atoms with E-state index in [1.54, 1.807) is 29.7 Å². The van der Waals surface area contributed by atoms with Crippen LogP contribution in [0.15, 0.2) is 76.0 Å². The van der Waals surface area contributed by atoms with E-state index in [0.29, 0.717) is 47.1 Å². The summed E-state index contributed by atoms with van der Waals surface area (Å²) in [6.45, 7) is 13.2. The Bertz CT molecular complexity index is 2250. The topological polar surface area (TPSA) is 172 Å². The fraction of sp³-hybridized carbons (Fsp3) is 0.289. The summed E-state index contributed by atoms with van der Waals surface area (Å²) < 4.78 is 28.2. The number of imidazole rings is 1. The molecule has 3 aromatic heterocycles. The van der Waals surface area contributed by atoms with E-state index in [1.807, 2.05) is 83.1 Å². The number of carbonyl (C=O) groups excluding carboxylic acids is 2. The summed E-state index contributed by atoms with van der Waals surface area (Å²) >= 11 is 0. The Morgan fingerprint density at radius 3 is 2.25 bits per heavy atom. The molecule has 6 rings (SSSR count). The molecule has 0 radical (unpaired) electrons. The molecule has 1 unspecified atom stereocenters. The van der Waals surface area contributed by atoms with E-state index in [-0.39, 0.29) is 69.4 Å². The van der Waals surface area contributed by atoms with Crippen LogP contribution < -0.4 is 66.9 Å². The number of carbonyl (C=O) groups is 2. The second kappa shape index (κ2) is 18.9. The Hall–Kier alpha value is -4.67. The average Bonchev–Trinajstić information content (AvgIpc) is 3.73. The summed E-state index contributed by atoms with van der Waals surface area (Å²) in [5.74, 6) is -1.28. The molecule has 0 bridgehead atoms. The van der Waals surface area contributed by atoms with E-state index in [4.69, 9.17) is 18.9 Å². The fourth-order valence-corrected chi connectivity index (χ4v) is 5.37. The zero-order chi connectivity index (χ0) is 37.4. The number of esters is 1. The number of fused-ring (bicyclic) bond motifs is 1. The average molecular weight is 747 g/mol. The number of benzene rings is 3. The number of aromatic nitrogens is 6. The molecular weight excluding hydrogens is 708 g/mol. The Morgan fingerprint density at radius 1 is 0.868 bits per heavy atom. The van der Waals surface area contributed by atoms with E-state index in [2.05, 4.69) is 29.6 Å². The molecule has 15 heteroatoms. The molecule has 0 fully saturated rings. The number of ether oxygens (including phenoxy) is 4. The molecular formula is C38H39KN6O8. The van der Waals surface area contributed by atoms with Crippen molar-refractivity contribution in [3.05, 3.63) is 111 Å². The van der Waals surface area contributed by atoms with Gasteiger partial charge in [0.2, 0.25) is 6.29 Å². The van der Waals surface area contributed by atoms with Gasteiger partial charge in [0.05, 0.1) is 52.5 Å². The van der Waals surface area contributed by atoms with Crippen molar-refractivity contribution in [1.82, 2.24) is 29.7 Å². The largest absolute Gasteiger partial charge is 1.00 e. The maximum Gasteiger partial charge on any atom is 1.00 e. The van der Waals surface area contributed by atoms with Crippen LogP contribution in [0.2, 0.25) is 0 Å². The van der Waals surface area contributed by atoms with Gasteiger partial charge in [0.15, 0.2) is 0 Å². The first kappa shape index (κ1) is 41.1. The van der Waals surface area contributed by atoms with E-state index in [1.165, 1.54) is 6.92 Å². The minimum atomic E-state index is -1.26. The van der Waals surface area contributed by atoms with Gasteiger partial charge < -0.3 is 28.5 Å². The standard InChI is InChI=1S/C36H34N6O8.C2H6.K/c1-6-46-34-39-29-13-9-12-28(33(43)48-23(5)49-36(45)47-19-30-22(4)37-20(2)21(3)38-30)31(29)42(34)18-24-14-16-25(17-15-24)26-10-7-8-11-27(26)32-40-35(44)50-41-32;1-2;/h7-17,23H,6,18-19H2,1-5H3,(H,40,41,44);1-2H3;/q;;+1/p-1. The third kappa shape index (κ3) is 9.86. The molecule has 1 atom stereocenters. The fourth-order valence-electron chi connectivity index (χ4n) is 5.37. The molecule has 3 heterocycles. The van der Waals surface area contributed by atoms with Crippen LogP contribution in [-0.4, -0.2) is 49.7 Å². The van der Waals surface area contributed by atoms with Crippen molar-refractivity contribution >= 4 is 23.2 Å². The summed E-state index contributed by atoms with van der Waals surface area (Å²) in [5, 5.41) is 3.78. The molecule has 270 valence electrons. The van der Waals surface area contributed by atoms with Crippen molar-refractivity contribution in [2.75, 3.05) is 6.61 Å². The third-order valence-electron chi connectivity index (χ3n) is 7.85. The van der Waals surface area contributed by atoms with Crippen molar-refractivity contribution < 1.29 is 84.4 Å². The van der Waals surface area contributed by atoms with E-state index in [0.717, 1.165) is 28.1 Å². The minimum absolute atomic E-state index is 0. The number of nitrogens with zero attached hydrogens (tertiary/aromatic N) is 6.